The molecule has 2 nitrogen and oxygen atoms in total. The van der Waals surface area contributed by atoms with E-state index in [2.05, 4.69) is 11.8 Å². The highest BCUT2D eigenvalue weighted by atomic mass is 16.5. The maximum atomic E-state index is 10.2. The van der Waals surface area contributed by atoms with Gasteiger partial charge in [-0.05, 0) is 36.4 Å². The van der Waals surface area contributed by atoms with Crippen LogP contribution in [0.15, 0.2) is 54.6 Å². The van der Waals surface area contributed by atoms with Gasteiger partial charge < -0.3 is 4.74 Å². The molecule has 0 atom stereocenters. The lowest BCUT2D eigenvalue weighted by Gasteiger charge is -1.97. The van der Waals surface area contributed by atoms with Crippen molar-refractivity contribution in [2.75, 3.05) is 7.11 Å². The van der Waals surface area contributed by atoms with Crippen molar-refractivity contribution in [1.29, 1.82) is 0 Å². The summed E-state index contributed by atoms with van der Waals surface area (Å²) in [5, 5.41) is 0. The first-order chi connectivity index (χ1) is 10.7. The first-order valence-electron chi connectivity index (χ1n) is 7.42. The average molecular weight is 294 g/mol. The molecule has 0 amide bonds. The van der Waals surface area contributed by atoms with E-state index in [-0.39, 0.29) is 0 Å². The van der Waals surface area contributed by atoms with Gasteiger partial charge in [0.1, 0.15) is 11.5 Å². The van der Waals surface area contributed by atoms with Crippen LogP contribution in [0.1, 0.15) is 37.8 Å². The van der Waals surface area contributed by atoms with Gasteiger partial charge in [0.25, 0.3) is 0 Å². The van der Waals surface area contributed by atoms with Crippen molar-refractivity contribution in [3.63, 3.8) is 0 Å². The molecular formula is C20H22O2. The van der Waals surface area contributed by atoms with E-state index in [9.17, 15) is 4.79 Å². The molecule has 0 N–H and O–H groups in total. The molecule has 0 unspecified atom stereocenters. The molecule has 0 aromatic heterocycles. The van der Waals surface area contributed by atoms with E-state index in [4.69, 9.17) is 4.74 Å². The maximum absolute atomic E-state index is 10.2. The second kappa shape index (κ2) is 10.2. The average Bonchev–Trinajstić information content (AvgIpc) is 2.61. The van der Waals surface area contributed by atoms with E-state index in [0.29, 0.717) is 18.6 Å². The Bertz CT molecular complexity index is 610. The summed E-state index contributed by atoms with van der Waals surface area (Å²) in [6, 6.07) is 17.7. The lowest BCUT2D eigenvalue weighted by Crippen LogP contribution is -1.88. The van der Waals surface area contributed by atoms with Gasteiger partial charge in [0.2, 0.25) is 0 Å². The maximum Gasteiger partial charge on any atom is 0.132 e. The number of benzene rings is 2. The lowest BCUT2D eigenvalue weighted by molar-refractivity contribution is -0.118. The molecule has 0 aliphatic rings. The predicted molar refractivity (Wildman–Crippen MR) is 91.0 cm³/mol. The molecule has 0 aliphatic heterocycles. The Morgan fingerprint density at radius 3 is 1.77 bits per heavy atom. The lowest BCUT2D eigenvalue weighted by atomic mass is 10.2. The summed E-state index contributed by atoms with van der Waals surface area (Å²) in [6.07, 6.45) is 1.38. The van der Waals surface area contributed by atoms with Gasteiger partial charge in [0.05, 0.1) is 7.11 Å². The van der Waals surface area contributed by atoms with Crippen LogP contribution in [-0.2, 0) is 4.79 Å². The van der Waals surface area contributed by atoms with E-state index < -0.39 is 0 Å². The van der Waals surface area contributed by atoms with Crippen molar-refractivity contribution in [3.8, 4) is 17.6 Å². The second-order valence-corrected chi connectivity index (χ2v) is 4.59. The number of carbonyl (C=O) groups is 1. The van der Waals surface area contributed by atoms with E-state index in [1.807, 2.05) is 68.4 Å². The molecule has 0 aliphatic carbocycles. The Morgan fingerprint density at radius 2 is 1.36 bits per heavy atom. The normalized spacial score (nSPS) is 8.86. The minimum absolute atomic E-state index is 0.343. The molecule has 0 bridgehead atoms. The summed E-state index contributed by atoms with van der Waals surface area (Å²) in [5.41, 5.74) is 2.02. The highest BCUT2D eigenvalue weighted by Crippen LogP contribution is 2.10. The fraction of sp³-hybridized carbons (Fsp3) is 0.250. The third-order valence-electron chi connectivity index (χ3n) is 3.00. The van der Waals surface area contributed by atoms with E-state index in [1.165, 1.54) is 0 Å². The number of hydrogen-bond donors (Lipinski definition) is 0. The molecule has 0 spiro atoms. The molecule has 2 heteroatoms. The number of methoxy groups -OCH3 is 1. The zero-order valence-corrected chi connectivity index (χ0v) is 13.4. The van der Waals surface area contributed by atoms with Gasteiger partial charge in [-0.25, -0.2) is 0 Å². The van der Waals surface area contributed by atoms with Crippen LogP contribution in [-0.4, -0.2) is 12.9 Å². The summed E-state index contributed by atoms with van der Waals surface area (Å²) < 4.78 is 5.08. The van der Waals surface area contributed by atoms with Crippen molar-refractivity contribution >= 4 is 5.78 Å². The summed E-state index contributed by atoms with van der Waals surface area (Å²) in [5.74, 6) is 7.41. The number of Topliss-reactive ketones (excluding diaryl/α,β-unsaturated/α-hetero) is 1. The Hall–Kier alpha value is -2.53. The molecule has 2 aromatic rings. The number of hydrogen-bond acceptors (Lipinski definition) is 2. The van der Waals surface area contributed by atoms with Crippen LogP contribution in [0.4, 0.5) is 0 Å². The van der Waals surface area contributed by atoms with Crippen LogP contribution in [0.3, 0.4) is 0 Å². The minimum Gasteiger partial charge on any atom is -0.497 e. The van der Waals surface area contributed by atoms with Crippen molar-refractivity contribution in [2.24, 2.45) is 0 Å². The van der Waals surface area contributed by atoms with Gasteiger partial charge in [0, 0.05) is 24.0 Å². The molecule has 0 saturated heterocycles. The quantitative estimate of drug-likeness (QED) is 0.781. The van der Waals surface area contributed by atoms with Crippen LogP contribution >= 0.6 is 0 Å². The molecule has 2 rings (SSSR count). The molecular weight excluding hydrogens is 272 g/mol. The van der Waals surface area contributed by atoms with Crippen molar-refractivity contribution < 1.29 is 9.53 Å². The van der Waals surface area contributed by atoms with Crippen molar-refractivity contribution in [2.45, 2.75) is 26.7 Å². The van der Waals surface area contributed by atoms with Crippen LogP contribution in [0.25, 0.3) is 0 Å². The van der Waals surface area contributed by atoms with Crippen LogP contribution in [0.5, 0.6) is 5.75 Å². The molecule has 22 heavy (non-hydrogen) atoms. The number of ether oxygens (including phenoxy) is 1. The van der Waals surface area contributed by atoms with Gasteiger partial charge in [0.15, 0.2) is 0 Å². The first kappa shape index (κ1) is 17.5. The highest BCUT2D eigenvalue weighted by molar-refractivity contribution is 5.77. The Balaban J connectivity index is 0.000000346. The van der Waals surface area contributed by atoms with Gasteiger partial charge >= 0.3 is 0 Å². The molecule has 0 saturated carbocycles. The monoisotopic (exact) mass is 294 g/mol. The van der Waals surface area contributed by atoms with E-state index >= 15 is 0 Å². The molecule has 0 heterocycles. The zero-order chi connectivity index (χ0) is 16.2. The van der Waals surface area contributed by atoms with Gasteiger partial charge in [-0.3, -0.25) is 4.79 Å². The Labute approximate surface area is 133 Å². The van der Waals surface area contributed by atoms with Crippen molar-refractivity contribution in [3.05, 3.63) is 65.7 Å². The third-order valence-corrected chi connectivity index (χ3v) is 3.00. The topological polar surface area (TPSA) is 26.3 Å². The summed E-state index contributed by atoms with van der Waals surface area (Å²) in [6.45, 7) is 3.76. The summed E-state index contributed by atoms with van der Waals surface area (Å²) in [4.78, 5) is 10.2. The van der Waals surface area contributed by atoms with Crippen molar-refractivity contribution in [1.82, 2.24) is 0 Å². The molecule has 0 fully saturated rings. The van der Waals surface area contributed by atoms with Gasteiger partial charge in [-0.15, -0.1) is 0 Å². The first-order valence-corrected chi connectivity index (χ1v) is 7.42. The zero-order valence-electron chi connectivity index (χ0n) is 13.4. The molecule has 0 radical (unpaired) electrons. The smallest absolute Gasteiger partial charge is 0.132 e. The SMILES string of the molecule is CCC(=O)CC.COc1ccc(C#Cc2ccccc2)cc1. The van der Waals surface area contributed by atoms with E-state index in [0.717, 1.165) is 16.9 Å². The Kier molecular flexibility index (Phi) is 8.15. The third kappa shape index (κ3) is 6.76. The van der Waals surface area contributed by atoms with Crippen LogP contribution < -0.4 is 4.74 Å². The second-order valence-electron chi connectivity index (χ2n) is 4.59. The highest BCUT2D eigenvalue weighted by Gasteiger charge is 1.89. The summed E-state index contributed by atoms with van der Waals surface area (Å²) >= 11 is 0. The van der Waals surface area contributed by atoms with Gasteiger partial charge in [-0.1, -0.05) is 43.9 Å². The molecule has 114 valence electrons. The fourth-order valence-electron chi connectivity index (χ4n) is 1.59. The number of rotatable bonds is 3. The number of ketones is 1. The minimum atomic E-state index is 0.343. The van der Waals surface area contributed by atoms with E-state index in [1.54, 1.807) is 7.11 Å². The van der Waals surface area contributed by atoms with Crippen LogP contribution in [0.2, 0.25) is 0 Å². The Morgan fingerprint density at radius 1 is 0.864 bits per heavy atom. The van der Waals surface area contributed by atoms with Crippen LogP contribution in [0, 0.1) is 11.8 Å². The predicted octanol–water partition coefficient (Wildman–Crippen LogP) is 4.47. The fourth-order valence-corrected chi connectivity index (χ4v) is 1.59. The summed E-state index contributed by atoms with van der Waals surface area (Å²) in [7, 11) is 1.66. The van der Waals surface area contributed by atoms with Gasteiger partial charge in [-0.2, -0.15) is 0 Å². The number of carbonyl (C=O) groups excluding carboxylic acids is 1. The largest absolute Gasteiger partial charge is 0.497 e. The standard InChI is InChI=1S/C15H12O.C5H10O/c1-16-15-11-9-14(10-12-15)8-7-13-5-3-2-4-6-13;1-3-5(6)4-2/h2-6,9-12H,1H3;3-4H2,1-2H3. The molecule has 2 aromatic carbocycles.